The molecule has 1 aromatic heterocycles. The van der Waals surface area contributed by atoms with Crippen LogP contribution < -0.4 is 10.1 Å². The van der Waals surface area contributed by atoms with Crippen molar-refractivity contribution in [3.63, 3.8) is 0 Å². The molecular weight excluding hydrogens is 350 g/mol. The first-order valence-electron chi connectivity index (χ1n) is 8.67. The number of rotatable bonds is 7. The number of hydrogen-bond acceptors (Lipinski definition) is 6. The Kier molecular flexibility index (Phi) is 6.81. The van der Waals surface area contributed by atoms with Crippen molar-refractivity contribution in [2.24, 2.45) is 0 Å². The monoisotopic (exact) mass is 377 g/mol. The van der Waals surface area contributed by atoms with Gasteiger partial charge >= 0.3 is 6.09 Å². The van der Waals surface area contributed by atoms with Gasteiger partial charge in [-0.2, -0.15) is 5.10 Å². The number of ether oxygens (including phenoxy) is 2. The van der Waals surface area contributed by atoms with Gasteiger partial charge in [0.25, 0.3) is 0 Å². The first kappa shape index (κ1) is 20.7. The summed E-state index contributed by atoms with van der Waals surface area (Å²) in [6.07, 6.45) is 0.480. The molecule has 0 spiro atoms. The average Bonchev–Trinajstić information content (AvgIpc) is 3.10. The fourth-order valence-electron chi connectivity index (χ4n) is 2.51. The van der Waals surface area contributed by atoms with E-state index < -0.39 is 23.9 Å². The number of amides is 1. The normalized spacial score (nSPS) is 13.7. The number of carbonyl (C=O) groups is 1. The molecule has 2 rings (SSSR count). The lowest BCUT2D eigenvalue weighted by molar-refractivity contribution is 0.0129. The molecule has 0 radical (unpaired) electrons. The van der Waals surface area contributed by atoms with E-state index in [9.17, 15) is 15.0 Å². The number of hydrogen-bond donors (Lipinski definition) is 3. The van der Waals surface area contributed by atoms with Crippen LogP contribution in [0.2, 0.25) is 0 Å². The fraction of sp³-hybridized carbons (Fsp3) is 0.474. The molecule has 1 aromatic carbocycles. The van der Waals surface area contributed by atoms with Gasteiger partial charge in [0.2, 0.25) is 0 Å². The molecule has 0 bridgehead atoms. The van der Waals surface area contributed by atoms with Crippen molar-refractivity contribution in [1.82, 2.24) is 15.1 Å². The van der Waals surface area contributed by atoms with Crippen LogP contribution in [0.25, 0.3) is 0 Å². The fourth-order valence-corrected chi connectivity index (χ4v) is 2.51. The Labute approximate surface area is 158 Å². The van der Waals surface area contributed by atoms with Crippen molar-refractivity contribution in [2.45, 2.75) is 45.1 Å². The average molecular weight is 377 g/mol. The summed E-state index contributed by atoms with van der Waals surface area (Å²) < 4.78 is 12.2. The maximum absolute atomic E-state index is 11.7. The van der Waals surface area contributed by atoms with Crippen LogP contribution in [0.15, 0.2) is 36.7 Å². The highest BCUT2D eigenvalue weighted by atomic mass is 16.6. The third-order valence-corrected chi connectivity index (χ3v) is 3.76. The SMILES string of the molecule is COc1ccc(C(O)C(O)CNC(=O)OC(C)(C)C)cc1Cn1cccn1. The first-order chi connectivity index (χ1) is 12.7. The molecule has 2 atom stereocenters. The van der Waals surface area contributed by atoms with Crippen LogP contribution in [-0.4, -0.2) is 51.4 Å². The van der Waals surface area contributed by atoms with Gasteiger partial charge in [-0.05, 0) is 44.5 Å². The standard InChI is InChI=1S/C19H27N3O5/c1-19(2,3)27-18(25)20-11-15(23)17(24)13-6-7-16(26-4)14(10-13)12-22-9-5-8-21-22/h5-10,15,17,23-24H,11-12H2,1-4H3,(H,20,25). The molecule has 0 aliphatic heterocycles. The first-order valence-corrected chi connectivity index (χ1v) is 8.67. The number of carbonyl (C=O) groups excluding carboxylic acids is 1. The molecule has 1 heterocycles. The minimum absolute atomic E-state index is 0.142. The minimum atomic E-state index is -1.19. The van der Waals surface area contributed by atoms with Crippen LogP contribution in [0.5, 0.6) is 5.75 Å². The number of nitrogens with zero attached hydrogens (tertiary/aromatic N) is 2. The van der Waals surface area contributed by atoms with Gasteiger partial charge in [-0.15, -0.1) is 0 Å². The molecule has 0 fully saturated rings. The van der Waals surface area contributed by atoms with E-state index in [0.29, 0.717) is 17.9 Å². The molecule has 0 saturated carbocycles. The predicted molar refractivity (Wildman–Crippen MR) is 99.5 cm³/mol. The van der Waals surface area contributed by atoms with E-state index in [2.05, 4.69) is 10.4 Å². The highest BCUT2D eigenvalue weighted by molar-refractivity contribution is 5.67. The van der Waals surface area contributed by atoms with Gasteiger partial charge in [-0.3, -0.25) is 4.68 Å². The van der Waals surface area contributed by atoms with Gasteiger partial charge in [-0.25, -0.2) is 4.79 Å². The van der Waals surface area contributed by atoms with Crippen LogP contribution in [0, 0.1) is 0 Å². The van der Waals surface area contributed by atoms with Crippen molar-refractivity contribution in [3.05, 3.63) is 47.8 Å². The Morgan fingerprint density at radius 3 is 2.67 bits per heavy atom. The van der Waals surface area contributed by atoms with Gasteiger partial charge in [0.15, 0.2) is 0 Å². The van der Waals surface area contributed by atoms with Crippen LogP contribution >= 0.6 is 0 Å². The van der Waals surface area contributed by atoms with Crippen molar-refractivity contribution < 1.29 is 24.5 Å². The summed E-state index contributed by atoms with van der Waals surface area (Å²) in [5.41, 5.74) is 0.687. The molecule has 3 N–H and O–H groups in total. The summed E-state index contributed by atoms with van der Waals surface area (Å²) in [4.78, 5) is 11.7. The van der Waals surface area contributed by atoms with Crippen molar-refractivity contribution in [1.29, 1.82) is 0 Å². The number of aliphatic hydroxyl groups excluding tert-OH is 2. The molecule has 8 nitrogen and oxygen atoms in total. The van der Waals surface area contributed by atoms with Gasteiger partial charge in [0, 0.05) is 24.5 Å². The zero-order valence-electron chi connectivity index (χ0n) is 16.0. The quantitative estimate of drug-likeness (QED) is 0.680. The molecule has 8 heteroatoms. The number of aromatic nitrogens is 2. The van der Waals surface area contributed by atoms with Gasteiger partial charge < -0.3 is 25.0 Å². The molecule has 1 amide bonds. The Balaban J connectivity index is 2.04. The third-order valence-electron chi connectivity index (χ3n) is 3.76. The lowest BCUT2D eigenvalue weighted by Gasteiger charge is -2.22. The van der Waals surface area contributed by atoms with E-state index in [-0.39, 0.29) is 6.54 Å². The number of methoxy groups -OCH3 is 1. The number of aliphatic hydroxyl groups is 2. The van der Waals surface area contributed by atoms with Crippen molar-refractivity contribution in [3.8, 4) is 5.75 Å². The predicted octanol–water partition coefficient (Wildman–Crippen LogP) is 1.86. The molecule has 0 aliphatic carbocycles. The van der Waals surface area contributed by atoms with Crippen LogP contribution in [0.3, 0.4) is 0 Å². The minimum Gasteiger partial charge on any atom is -0.496 e. The zero-order chi connectivity index (χ0) is 20.0. The summed E-state index contributed by atoms with van der Waals surface area (Å²) in [5, 5.41) is 27.3. The second-order valence-corrected chi connectivity index (χ2v) is 7.17. The molecule has 0 aliphatic rings. The second kappa shape index (κ2) is 8.88. The van der Waals surface area contributed by atoms with E-state index >= 15 is 0 Å². The van der Waals surface area contributed by atoms with Gasteiger partial charge in [-0.1, -0.05) is 6.07 Å². The topological polar surface area (TPSA) is 106 Å². The Bertz CT molecular complexity index is 740. The summed E-state index contributed by atoms with van der Waals surface area (Å²) >= 11 is 0. The summed E-state index contributed by atoms with van der Waals surface area (Å²) in [6.45, 7) is 5.56. The van der Waals surface area contributed by atoms with E-state index in [0.717, 1.165) is 5.56 Å². The highest BCUT2D eigenvalue weighted by Gasteiger charge is 2.22. The molecule has 2 aromatic rings. The lowest BCUT2D eigenvalue weighted by Crippen LogP contribution is -2.38. The smallest absolute Gasteiger partial charge is 0.407 e. The second-order valence-electron chi connectivity index (χ2n) is 7.17. The summed E-state index contributed by atoms with van der Waals surface area (Å²) in [7, 11) is 1.57. The maximum Gasteiger partial charge on any atom is 0.407 e. The molecule has 27 heavy (non-hydrogen) atoms. The van der Waals surface area contributed by atoms with Crippen LogP contribution in [0.1, 0.15) is 38.0 Å². The Hall–Kier alpha value is -2.58. The Morgan fingerprint density at radius 2 is 2.07 bits per heavy atom. The Morgan fingerprint density at radius 1 is 1.33 bits per heavy atom. The number of nitrogens with one attached hydrogen (secondary N) is 1. The molecular formula is C19H27N3O5. The number of benzene rings is 1. The highest BCUT2D eigenvalue weighted by Crippen LogP contribution is 2.25. The molecule has 2 unspecified atom stereocenters. The summed E-state index contributed by atoms with van der Waals surface area (Å²) in [6, 6.07) is 6.97. The summed E-state index contributed by atoms with van der Waals surface area (Å²) in [5.74, 6) is 0.655. The molecule has 148 valence electrons. The third kappa shape index (κ3) is 6.26. The lowest BCUT2D eigenvalue weighted by atomic mass is 10.0. The van der Waals surface area contributed by atoms with E-state index in [1.54, 1.807) is 57.0 Å². The number of alkyl carbamates (subject to hydrolysis) is 1. The van der Waals surface area contributed by atoms with Crippen LogP contribution in [0.4, 0.5) is 4.79 Å². The van der Waals surface area contributed by atoms with Gasteiger partial charge in [0.1, 0.15) is 23.6 Å². The van der Waals surface area contributed by atoms with E-state index in [4.69, 9.17) is 9.47 Å². The largest absolute Gasteiger partial charge is 0.496 e. The van der Waals surface area contributed by atoms with E-state index in [1.165, 1.54) is 0 Å². The van der Waals surface area contributed by atoms with Crippen molar-refractivity contribution in [2.75, 3.05) is 13.7 Å². The maximum atomic E-state index is 11.7. The van der Waals surface area contributed by atoms with Gasteiger partial charge in [0.05, 0.1) is 13.7 Å². The van der Waals surface area contributed by atoms with Crippen LogP contribution in [-0.2, 0) is 11.3 Å². The zero-order valence-corrected chi connectivity index (χ0v) is 16.0. The van der Waals surface area contributed by atoms with E-state index in [1.807, 2.05) is 12.3 Å². The molecule has 0 saturated heterocycles. The van der Waals surface area contributed by atoms with Crippen molar-refractivity contribution >= 4 is 6.09 Å².